The van der Waals surface area contributed by atoms with Crippen molar-refractivity contribution in [3.8, 4) is 5.75 Å². The van der Waals surface area contributed by atoms with E-state index in [1.165, 1.54) is 6.92 Å². The molecule has 2 unspecified atom stereocenters. The largest absolute Gasteiger partial charge is 0.508 e. The molecule has 0 bridgehead atoms. The van der Waals surface area contributed by atoms with Crippen LogP contribution in [0.2, 0.25) is 5.02 Å². The van der Waals surface area contributed by atoms with E-state index in [0.29, 0.717) is 11.4 Å². The lowest BCUT2D eigenvalue weighted by molar-refractivity contribution is -0.132. The van der Waals surface area contributed by atoms with Crippen LogP contribution >= 0.6 is 11.6 Å². The number of halogens is 1. The molecule has 0 saturated carbocycles. The van der Waals surface area contributed by atoms with Crippen LogP contribution in [0.15, 0.2) is 48.5 Å². The van der Waals surface area contributed by atoms with Crippen molar-refractivity contribution < 1.29 is 9.90 Å². The van der Waals surface area contributed by atoms with Crippen LogP contribution in [-0.2, 0) is 4.79 Å². The van der Waals surface area contributed by atoms with Crippen LogP contribution in [0.1, 0.15) is 36.6 Å². The van der Waals surface area contributed by atoms with Gasteiger partial charge in [0.2, 0.25) is 5.91 Å². The molecule has 2 N–H and O–H groups in total. The van der Waals surface area contributed by atoms with Crippen LogP contribution in [-0.4, -0.2) is 16.0 Å². The van der Waals surface area contributed by atoms with Gasteiger partial charge >= 0.3 is 0 Å². The number of phenolic OH excluding ortho intramolecular Hbond substituents is 1. The minimum atomic E-state index is -0.106. The van der Waals surface area contributed by atoms with E-state index >= 15 is 0 Å². The van der Waals surface area contributed by atoms with Crippen molar-refractivity contribution >= 4 is 17.5 Å². The summed E-state index contributed by atoms with van der Waals surface area (Å²) in [6.07, 6.45) is 0.693. The molecule has 1 saturated heterocycles. The average molecular weight is 317 g/mol. The topological polar surface area (TPSA) is 52.6 Å². The summed E-state index contributed by atoms with van der Waals surface area (Å²) >= 11 is 5.93. The van der Waals surface area contributed by atoms with E-state index in [1.54, 1.807) is 17.1 Å². The molecule has 1 aliphatic heterocycles. The highest BCUT2D eigenvalue weighted by molar-refractivity contribution is 6.30. The molecule has 114 valence electrons. The van der Waals surface area contributed by atoms with Gasteiger partial charge in [0, 0.05) is 17.5 Å². The number of para-hydroxylation sites is 1. The zero-order valence-electron chi connectivity index (χ0n) is 12.2. The minimum absolute atomic E-state index is 0.0575. The van der Waals surface area contributed by atoms with Crippen molar-refractivity contribution in [2.45, 2.75) is 25.4 Å². The molecule has 22 heavy (non-hydrogen) atoms. The first-order valence-corrected chi connectivity index (χ1v) is 7.53. The van der Waals surface area contributed by atoms with E-state index in [-0.39, 0.29) is 23.7 Å². The van der Waals surface area contributed by atoms with E-state index < -0.39 is 0 Å². The number of aromatic hydroxyl groups is 1. The lowest BCUT2D eigenvalue weighted by atomic mass is 9.97. The highest BCUT2D eigenvalue weighted by Gasteiger charge is 2.36. The molecule has 2 aromatic carbocycles. The van der Waals surface area contributed by atoms with Crippen molar-refractivity contribution in [1.82, 2.24) is 10.4 Å². The summed E-state index contributed by atoms with van der Waals surface area (Å²) in [5.41, 5.74) is 5.02. The zero-order chi connectivity index (χ0) is 15.7. The number of rotatable bonds is 2. The van der Waals surface area contributed by atoms with Gasteiger partial charge in [-0.3, -0.25) is 9.80 Å². The van der Waals surface area contributed by atoms with E-state index in [2.05, 4.69) is 5.43 Å². The smallest absolute Gasteiger partial charge is 0.234 e. The Bertz CT molecular complexity index is 687. The predicted molar refractivity (Wildman–Crippen MR) is 85.3 cm³/mol. The third-order valence-electron chi connectivity index (χ3n) is 3.97. The first kappa shape index (κ1) is 14.9. The van der Waals surface area contributed by atoms with Gasteiger partial charge in [0.1, 0.15) is 5.75 Å². The summed E-state index contributed by atoms with van der Waals surface area (Å²) in [4.78, 5) is 11.9. The summed E-state index contributed by atoms with van der Waals surface area (Å²) in [5.74, 6) is 0.179. The van der Waals surface area contributed by atoms with Gasteiger partial charge in [-0.1, -0.05) is 41.9 Å². The quantitative estimate of drug-likeness (QED) is 0.890. The molecule has 0 spiro atoms. The Labute approximate surface area is 134 Å². The van der Waals surface area contributed by atoms with Crippen molar-refractivity contribution in [1.29, 1.82) is 0 Å². The SMILES string of the molecule is CC(=O)N1NC(c2ccccc2O)CC1c1ccc(Cl)cc1. The number of hydrazine groups is 1. The number of nitrogens with one attached hydrogen (secondary N) is 1. The number of carbonyl (C=O) groups excluding carboxylic acids is 1. The molecule has 1 aliphatic rings. The normalized spacial score (nSPS) is 21.1. The lowest BCUT2D eigenvalue weighted by Crippen LogP contribution is -2.37. The standard InChI is InChI=1S/C17H17ClN2O2/c1-11(21)20-16(12-6-8-13(18)9-7-12)10-15(19-20)14-4-2-3-5-17(14)22/h2-9,15-16,19,22H,10H2,1H3. The number of nitrogens with zero attached hydrogens (tertiary/aromatic N) is 1. The Hall–Kier alpha value is -2.04. The van der Waals surface area contributed by atoms with E-state index in [0.717, 1.165) is 11.1 Å². The molecular formula is C17H17ClN2O2. The van der Waals surface area contributed by atoms with Gasteiger partial charge in [-0.15, -0.1) is 0 Å². The van der Waals surface area contributed by atoms with Gasteiger partial charge in [-0.2, -0.15) is 0 Å². The highest BCUT2D eigenvalue weighted by Crippen LogP contribution is 2.39. The fourth-order valence-electron chi connectivity index (χ4n) is 2.90. The van der Waals surface area contributed by atoms with Crippen molar-refractivity contribution in [3.63, 3.8) is 0 Å². The van der Waals surface area contributed by atoms with Gasteiger partial charge in [-0.25, -0.2) is 5.43 Å². The van der Waals surface area contributed by atoms with Gasteiger partial charge in [0.25, 0.3) is 0 Å². The molecule has 1 amide bonds. The first-order chi connectivity index (χ1) is 10.6. The molecule has 5 heteroatoms. The lowest BCUT2D eigenvalue weighted by Gasteiger charge is -2.23. The first-order valence-electron chi connectivity index (χ1n) is 7.15. The molecule has 1 heterocycles. The molecule has 0 aliphatic carbocycles. The maximum absolute atomic E-state index is 11.9. The molecule has 3 rings (SSSR count). The Morgan fingerprint density at radius 2 is 1.91 bits per heavy atom. The number of benzene rings is 2. The van der Waals surface area contributed by atoms with Crippen LogP contribution in [0.25, 0.3) is 0 Å². The van der Waals surface area contributed by atoms with Crippen LogP contribution in [0.3, 0.4) is 0 Å². The highest BCUT2D eigenvalue weighted by atomic mass is 35.5. The number of carbonyl (C=O) groups is 1. The molecule has 0 radical (unpaired) electrons. The van der Waals surface area contributed by atoms with E-state index in [9.17, 15) is 9.90 Å². The maximum atomic E-state index is 11.9. The molecular weight excluding hydrogens is 300 g/mol. The van der Waals surface area contributed by atoms with E-state index in [1.807, 2.05) is 36.4 Å². The molecule has 2 atom stereocenters. The van der Waals surface area contributed by atoms with E-state index in [4.69, 9.17) is 11.6 Å². The molecule has 1 fully saturated rings. The Kier molecular flexibility index (Phi) is 4.05. The van der Waals surface area contributed by atoms with Gasteiger partial charge in [0.05, 0.1) is 12.1 Å². The summed E-state index contributed by atoms with van der Waals surface area (Å²) in [5, 5.41) is 12.3. The number of phenols is 1. The fraction of sp³-hybridized carbons (Fsp3) is 0.235. The average Bonchev–Trinajstić information content (AvgIpc) is 2.93. The number of hydrogen-bond acceptors (Lipinski definition) is 3. The Morgan fingerprint density at radius 1 is 1.23 bits per heavy atom. The van der Waals surface area contributed by atoms with Crippen molar-refractivity contribution in [3.05, 3.63) is 64.7 Å². The Balaban J connectivity index is 1.91. The van der Waals surface area contributed by atoms with Crippen LogP contribution < -0.4 is 5.43 Å². The van der Waals surface area contributed by atoms with Crippen molar-refractivity contribution in [2.24, 2.45) is 0 Å². The second-order valence-electron chi connectivity index (χ2n) is 5.43. The van der Waals surface area contributed by atoms with Gasteiger partial charge < -0.3 is 5.11 Å². The second kappa shape index (κ2) is 5.99. The number of hydrogen-bond donors (Lipinski definition) is 2. The van der Waals surface area contributed by atoms with Crippen LogP contribution in [0.5, 0.6) is 5.75 Å². The predicted octanol–water partition coefficient (Wildman–Crippen LogP) is 3.58. The summed E-state index contributed by atoms with van der Waals surface area (Å²) in [6.45, 7) is 1.53. The third-order valence-corrected chi connectivity index (χ3v) is 4.22. The molecule has 4 nitrogen and oxygen atoms in total. The number of amides is 1. The second-order valence-corrected chi connectivity index (χ2v) is 5.87. The summed E-state index contributed by atoms with van der Waals surface area (Å²) in [6, 6.07) is 14.5. The van der Waals surface area contributed by atoms with Gasteiger partial charge in [-0.05, 0) is 30.2 Å². The zero-order valence-corrected chi connectivity index (χ0v) is 12.9. The minimum Gasteiger partial charge on any atom is -0.508 e. The van der Waals surface area contributed by atoms with Crippen LogP contribution in [0.4, 0.5) is 0 Å². The molecule has 0 aromatic heterocycles. The van der Waals surface area contributed by atoms with Gasteiger partial charge in [0.15, 0.2) is 0 Å². The summed E-state index contributed by atoms with van der Waals surface area (Å²) < 4.78 is 0. The van der Waals surface area contributed by atoms with Crippen molar-refractivity contribution in [2.75, 3.05) is 0 Å². The summed E-state index contributed by atoms with van der Waals surface area (Å²) in [7, 11) is 0. The Morgan fingerprint density at radius 3 is 2.55 bits per heavy atom. The fourth-order valence-corrected chi connectivity index (χ4v) is 3.02. The maximum Gasteiger partial charge on any atom is 0.234 e. The molecule has 2 aromatic rings. The monoisotopic (exact) mass is 316 g/mol. The van der Waals surface area contributed by atoms with Crippen LogP contribution in [0, 0.1) is 0 Å². The third kappa shape index (κ3) is 2.80.